The van der Waals surface area contributed by atoms with Gasteiger partial charge in [0.2, 0.25) is 11.8 Å². The first kappa shape index (κ1) is 23.2. The zero-order chi connectivity index (χ0) is 21.9. The van der Waals surface area contributed by atoms with E-state index in [9.17, 15) is 14.7 Å². The van der Waals surface area contributed by atoms with Crippen LogP contribution in [0.3, 0.4) is 0 Å². The van der Waals surface area contributed by atoms with Gasteiger partial charge in [0.1, 0.15) is 5.75 Å². The molecule has 0 bridgehead atoms. The first-order valence-electron chi connectivity index (χ1n) is 9.42. The van der Waals surface area contributed by atoms with Crippen molar-refractivity contribution in [2.75, 3.05) is 18.5 Å². The smallest absolute Gasteiger partial charge is 0.240 e. The monoisotopic (exact) mass is 477 g/mol. The fourth-order valence-electron chi connectivity index (χ4n) is 2.42. The SMILES string of the molecule is CCOc1ccc(NC(=O)CCC(=O)NN=Cc2cc(Br)c(O)c(OCC)c2)cc1. The average molecular weight is 478 g/mol. The highest BCUT2D eigenvalue weighted by atomic mass is 79.9. The molecule has 0 heterocycles. The van der Waals surface area contributed by atoms with Crippen molar-refractivity contribution in [2.45, 2.75) is 26.7 Å². The van der Waals surface area contributed by atoms with Gasteiger partial charge in [0.25, 0.3) is 0 Å². The molecule has 8 nitrogen and oxygen atoms in total. The molecule has 0 saturated heterocycles. The molecule has 0 atom stereocenters. The molecule has 0 aliphatic rings. The Labute approximate surface area is 183 Å². The number of rotatable bonds is 10. The van der Waals surface area contributed by atoms with E-state index in [2.05, 4.69) is 31.8 Å². The summed E-state index contributed by atoms with van der Waals surface area (Å²) < 4.78 is 11.1. The van der Waals surface area contributed by atoms with Gasteiger partial charge in [-0.2, -0.15) is 5.10 Å². The van der Waals surface area contributed by atoms with Crippen LogP contribution in [0.2, 0.25) is 0 Å². The highest BCUT2D eigenvalue weighted by Crippen LogP contribution is 2.35. The van der Waals surface area contributed by atoms with E-state index < -0.39 is 5.91 Å². The summed E-state index contributed by atoms with van der Waals surface area (Å²) in [6, 6.07) is 10.2. The van der Waals surface area contributed by atoms with Crippen molar-refractivity contribution in [3.8, 4) is 17.2 Å². The number of nitrogens with zero attached hydrogens (tertiary/aromatic N) is 1. The lowest BCUT2D eigenvalue weighted by atomic mass is 10.2. The van der Waals surface area contributed by atoms with E-state index in [0.717, 1.165) is 5.75 Å². The molecule has 0 unspecified atom stereocenters. The number of carbonyl (C=O) groups excluding carboxylic acids is 2. The first-order chi connectivity index (χ1) is 14.4. The van der Waals surface area contributed by atoms with Crippen LogP contribution < -0.4 is 20.2 Å². The predicted octanol–water partition coefficient (Wildman–Crippen LogP) is 3.82. The number of aromatic hydroxyl groups is 1. The zero-order valence-electron chi connectivity index (χ0n) is 16.8. The van der Waals surface area contributed by atoms with Crippen LogP contribution in [0.1, 0.15) is 32.3 Å². The molecule has 0 fully saturated rings. The third-order valence-electron chi connectivity index (χ3n) is 3.78. The van der Waals surface area contributed by atoms with Crippen LogP contribution >= 0.6 is 15.9 Å². The first-order valence-corrected chi connectivity index (χ1v) is 10.2. The molecule has 2 amide bonds. The number of hydrazone groups is 1. The number of amides is 2. The number of nitrogens with one attached hydrogen (secondary N) is 2. The number of phenolic OH excluding ortho intramolecular Hbond substituents is 1. The van der Waals surface area contributed by atoms with Gasteiger partial charge in [-0.15, -0.1) is 0 Å². The molecular weight excluding hydrogens is 454 g/mol. The zero-order valence-corrected chi connectivity index (χ0v) is 18.4. The summed E-state index contributed by atoms with van der Waals surface area (Å²) in [6.45, 7) is 4.67. The molecule has 0 aromatic heterocycles. The van der Waals surface area contributed by atoms with E-state index >= 15 is 0 Å². The Morgan fingerprint density at radius 1 is 1.07 bits per heavy atom. The van der Waals surface area contributed by atoms with Gasteiger partial charge in [-0.25, -0.2) is 5.43 Å². The number of hydrogen-bond donors (Lipinski definition) is 3. The third-order valence-corrected chi connectivity index (χ3v) is 4.39. The number of hydrogen-bond acceptors (Lipinski definition) is 6. The van der Waals surface area contributed by atoms with Gasteiger partial charge >= 0.3 is 0 Å². The Morgan fingerprint density at radius 3 is 2.40 bits per heavy atom. The second-order valence-electron chi connectivity index (χ2n) is 6.08. The van der Waals surface area contributed by atoms with Gasteiger partial charge in [-0.3, -0.25) is 9.59 Å². The van der Waals surface area contributed by atoms with Crippen molar-refractivity contribution < 1.29 is 24.2 Å². The molecule has 2 rings (SSSR count). The van der Waals surface area contributed by atoms with Crippen LogP contribution in [0.15, 0.2) is 46.0 Å². The minimum absolute atomic E-state index is 0.00317. The lowest BCUT2D eigenvalue weighted by Gasteiger charge is -2.08. The fraction of sp³-hybridized carbons (Fsp3) is 0.286. The maximum atomic E-state index is 12.0. The number of carbonyl (C=O) groups is 2. The molecule has 9 heteroatoms. The van der Waals surface area contributed by atoms with Gasteiger partial charge in [-0.1, -0.05) is 0 Å². The van der Waals surface area contributed by atoms with Crippen molar-refractivity contribution in [2.24, 2.45) is 5.10 Å². The lowest BCUT2D eigenvalue weighted by Crippen LogP contribution is -2.20. The third kappa shape index (κ3) is 7.40. The molecule has 0 spiro atoms. The van der Waals surface area contributed by atoms with Crippen LogP contribution in [0, 0.1) is 0 Å². The number of phenols is 1. The fourth-order valence-corrected chi connectivity index (χ4v) is 2.88. The standard InChI is InChI=1S/C21H24BrN3O5/c1-3-29-16-7-5-15(6-8-16)24-19(26)9-10-20(27)25-23-13-14-11-17(22)21(28)18(12-14)30-4-2/h5-8,11-13,28H,3-4,9-10H2,1-2H3,(H,24,26)(H,25,27). The van der Waals surface area contributed by atoms with Crippen molar-refractivity contribution in [1.82, 2.24) is 5.43 Å². The van der Waals surface area contributed by atoms with Crippen LogP contribution in [0.4, 0.5) is 5.69 Å². The van der Waals surface area contributed by atoms with Crippen molar-refractivity contribution in [3.05, 3.63) is 46.4 Å². The number of halogens is 1. The maximum Gasteiger partial charge on any atom is 0.240 e. The van der Waals surface area contributed by atoms with E-state index in [1.54, 1.807) is 43.3 Å². The van der Waals surface area contributed by atoms with E-state index in [1.807, 2.05) is 6.92 Å². The minimum atomic E-state index is -0.393. The van der Waals surface area contributed by atoms with E-state index in [-0.39, 0.29) is 24.5 Å². The summed E-state index contributed by atoms with van der Waals surface area (Å²) in [5.74, 6) is 0.363. The highest BCUT2D eigenvalue weighted by molar-refractivity contribution is 9.10. The number of ether oxygens (including phenoxy) is 2. The van der Waals surface area contributed by atoms with Crippen molar-refractivity contribution in [3.63, 3.8) is 0 Å². The molecule has 30 heavy (non-hydrogen) atoms. The second-order valence-corrected chi connectivity index (χ2v) is 6.94. The van der Waals surface area contributed by atoms with Gasteiger partial charge in [-0.05, 0) is 71.7 Å². The van der Waals surface area contributed by atoms with Crippen LogP contribution in [-0.2, 0) is 9.59 Å². The van der Waals surface area contributed by atoms with Crippen LogP contribution in [0.5, 0.6) is 17.2 Å². The van der Waals surface area contributed by atoms with E-state index in [4.69, 9.17) is 9.47 Å². The number of anilines is 1. The van der Waals surface area contributed by atoms with Crippen LogP contribution in [0.25, 0.3) is 0 Å². The van der Waals surface area contributed by atoms with Gasteiger partial charge < -0.3 is 19.9 Å². The second kappa shape index (κ2) is 11.8. The summed E-state index contributed by atoms with van der Waals surface area (Å²) >= 11 is 3.24. The largest absolute Gasteiger partial charge is 0.503 e. The molecule has 3 N–H and O–H groups in total. The predicted molar refractivity (Wildman–Crippen MR) is 118 cm³/mol. The Kier molecular flexibility index (Phi) is 9.14. The molecule has 0 saturated carbocycles. The molecule has 0 aliphatic heterocycles. The molecule has 2 aromatic carbocycles. The summed E-state index contributed by atoms with van der Waals surface area (Å²) in [4.78, 5) is 23.9. The quantitative estimate of drug-likeness (QED) is 0.355. The highest BCUT2D eigenvalue weighted by Gasteiger charge is 2.09. The average Bonchev–Trinajstić information content (AvgIpc) is 2.72. The lowest BCUT2D eigenvalue weighted by molar-refractivity contribution is -0.124. The molecule has 2 aromatic rings. The van der Waals surface area contributed by atoms with Crippen LogP contribution in [-0.4, -0.2) is 36.3 Å². The Balaban J connectivity index is 1.79. The Hall–Kier alpha value is -3.07. The maximum absolute atomic E-state index is 12.0. The summed E-state index contributed by atoms with van der Waals surface area (Å²) in [6.07, 6.45) is 1.43. The van der Waals surface area contributed by atoms with Gasteiger partial charge in [0.05, 0.1) is 23.9 Å². The van der Waals surface area contributed by atoms with Crippen molar-refractivity contribution >= 4 is 39.6 Å². The Bertz CT molecular complexity index is 900. The molecule has 0 radical (unpaired) electrons. The summed E-state index contributed by atoms with van der Waals surface area (Å²) in [5, 5.41) is 16.5. The summed E-state index contributed by atoms with van der Waals surface area (Å²) in [5.41, 5.74) is 3.62. The molecular formula is C21H24BrN3O5. The van der Waals surface area contributed by atoms with E-state index in [1.165, 1.54) is 6.21 Å². The van der Waals surface area contributed by atoms with Gasteiger partial charge in [0, 0.05) is 18.5 Å². The minimum Gasteiger partial charge on any atom is -0.503 e. The summed E-state index contributed by atoms with van der Waals surface area (Å²) in [7, 11) is 0. The van der Waals surface area contributed by atoms with Crippen molar-refractivity contribution in [1.29, 1.82) is 0 Å². The van der Waals surface area contributed by atoms with E-state index in [0.29, 0.717) is 34.7 Å². The van der Waals surface area contributed by atoms with Gasteiger partial charge in [0.15, 0.2) is 11.5 Å². The Morgan fingerprint density at radius 2 is 1.73 bits per heavy atom. The topological polar surface area (TPSA) is 109 Å². The molecule has 160 valence electrons. The normalized spacial score (nSPS) is 10.6. The molecule has 0 aliphatic carbocycles. The number of benzene rings is 2.